The Morgan fingerprint density at radius 3 is 2.78 bits per heavy atom. The lowest BCUT2D eigenvalue weighted by molar-refractivity contribution is 0.624. The molecule has 2 N–H and O–H groups in total. The van der Waals surface area contributed by atoms with E-state index in [0.29, 0.717) is 11.4 Å². The summed E-state index contributed by atoms with van der Waals surface area (Å²) < 4.78 is 0. The number of benzene rings is 1. The number of rotatable bonds is 5. The van der Waals surface area contributed by atoms with E-state index in [4.69, 9.17) is 12.2 Å². The number of allylic oxidation sites excluding steroid dienone is 1. The summed E-state index contributed by atoms with van der Waals surface area (Å²) in [5.74, 6) is 0.821. The molecule has 4 nitrogen and oxygen atoms in total. The second-order valence-corrected chi connectivity index (χ2v) is 6.61. The first-order valence-electron chi connectivity index (χ1n) is 7.38. The van der Waals surface area contributed by atoms with Gasteiger partial charge in [-0.3, -0.25) is 4.99 Å². The number of hydrogen-bond donors (Lipinski definition) is 3. The van der Waals surface area contributed by atoms with Gasteiger partial charge in [0.2, 0.25) is 0 Å². The number of aryl methyl sites for hydroxylation is 1. The number of thiol groups is 1. The average molecular weight is 342 g/mol. The highest BCUT2D eigenvalue weighted by molar-refractivity contribution is 7.81. The molecule has 0 spiro atoms. The highest BCUT2D eigenvalue weighted by Crippen LogP contribution is 2.34. The van der Waals surface area contributed by atoms with Crippen LogP contribution in [0.25, 0.3) is 0 Å². The lowest BCUT2D eigenvalue weighted by Gasteiger charge is -2.28. The molecule has 0 aliphatic carbocycles. The fourth-order valence-electron chi connectivity index (χ4n) is 2.50. The fraction of sp³-hybridized carbons (Fsp3) is 0.235. The molecule has 1 aromatic carbocycles. The van der Waals surface area contributed by atoms with E-state index >= 15 is 0 Å². The fourth-order valence-corrected chi connectivity index (χ4v) is 3.24. The third kappa shape index (κ3) is 3.54. The van der Waals surface area contributed by atoms with Crippen LogP contribution in [0.2, 0.25) is 0 Å². The molecule has 2 atom stereocenters. The quantitative estimate of drug-likeness (QED) is 0.571. The van der Waals surface area contributed by atoms with Crippen molar-refractivity contribution in [1.29, 1.82) is 0 Å². The molecular formula is C17H18N4S2. The summed E-state index contributed by atoms with van der Waals surface area (Å²) in [6, 6.07) is 8.14. The Labute approximate surface area is 146 Å². The van der Waals surface area contributed by atoms with Crippen LogP contribution in [-0.4, -0.2) is 26.7 Å². The Morgan fingerprint density at radius 2 is 2.17 bits per heavy atom. The van der Waals surface area contributed by atoms with Gasteiger partial charge in [-0.15, -0.1) is 0 Å². The molecule has 1 aromatic heterocycles. The molecule has 23 heavy (non-hydrogen) atoms. The maximum atomic E-state index is 5.65. The predicted molar refractivity (Wildman–Crippen MR) is 103 cm³/mol. The number of hydrogen-bond acceptors (Lipinski definition) is 4. The molecule has 2 unspecified atom stereocenters. The number of imidazole rings is 1. The van der Waals surface area contributed by atoms with Crippen molar-refractivity contribution in [3.8, 4) is 0 Å². The van der Waals surface area contributed by atoms with Crippen molar-refractivity contribution in [2.45, 2.75) is 24.1 Å². The molecule has 0 bridgehead atoms. The van der Waals surface area contributed by atoms with Gasteiger partial charge in [-0.2, -0.15) is 12.6 Å². The van der Waals surface area contributed by atoms with Crippen LogP contribution in [0.4, 0.5) is 5.69 Å². The first-order chi connectivity index (χ1) is 11.1. The van der Waals surface area contributed by atoms with Gasteiger partial charge in [0, 0.05) is 30.7 Å². The lowest BCUT2D eigenvalue weighted by atomic mass is 9.93. The van der Waals surface area contributed by atoms with E-state index in [1.807, 2.05) is 24.3 Å². The molecule has 0 fully saturated rings. The number of H-pyrrole nitrogens is 1. The molecule has 118 valence electrons. The zero-order valence-corrected chi connectivity index (χ0v) is 14.4. The summed E-state index contributed by atoms with van der Waals surface area (Å²) in [5.41, 5.74) is 1.59. The Morgan fingerprint density at radius 1 is 1.39 bits per heavy atom. The van der Waals surface area contributed by atoms with Crippen LogP contribution in [0.5, 0.6) is 0 Å². The van der Waals surface area contributed by atoms with Crippen molar-refractivity contribution in [2.24, 2.45) is 4.99 Å². The zero-order valence-electron chi connectivity index (χ0n) is 12.7. The van der Waals surface area contributed by atoms with E-state index in [9.17, 15) is 0 Å². The molecule has 0 amide bonds. The van der Waals surface area contributed by atoms with Gasteiger partial charge in [0.1, 0.15) is 16.4 Å². The minimum Gasteiger partial charge on any atom is -0.348 e. The molecule has 0 saturated carbocycles. The van der Waals surface area contributed by atoms with Crippen molar-refractivity contribution in [1.82, 2.24) is 9.97 Å². The number of thiocarbonyl (C=S) groups is 1. The van der Waals surface area contributed by atoms with Gasteiger partial charge in [0.15, 0.2) is 0 Å². The van der Waals surface area contributed by atoms with E-state index in [2.05, 4.69) is 52.0 Å². The van der Waals surface area contributed by atoms with Crippen LogP contribution < -0.4 is 5.32 Å². The van der Waals surface area contributed by atoms with E-state index in [-0.39, 0.29) is 5.25 Å². The van der Waals surface area contributed by atoms with Gasteiger partial charge in [0.05, 0.1) is 5.25 Å². The summed E-state index contributed by atoms with van der Waals surface area (Å²) in [6.45, 7) is 2.06. The van der Waals surface area contributed by atoms with Crippen molar-refractivity contribution in [3.63, 3.8) is 0 Å². The number of aromatic amines is 1. The topological polar surface area (TPSA) is 53.1 Å². The van der Waals surface area contributed by atoms with Crippen LogP contribution in [0.3, 0.4) is 0 Å². The van der Waals surface area contributed by atoms with Crippen molar-refractivity contribution >= 4 is 41.7 Å². The molecule has 1 aliphatic rings. The molecule has 6 heteroatoms. The standard InChI is InChI=1S/C17H18N4S2/c1-12-3-5-13(6-4-12)21-16(23)17(7-2-8-20-17)11-14(22)15-18-9-10-19-15/h2-10,14,22H,11H2,1H3,(H,18,19)(H,21,23). The summed E-state index contributed by atoms with van der Waals surface area (Å²) >= 11 is 10.3. The first kappa shape index (κ1) is 16.0. The number of aromatic nitrogens is 2. The summed E-state index contributed by atoms with van der Waals surface area (Å²) in [5, 5.41) is 3.22. The molecule has 1 aliphatic heterocycles. The first-order valence-corrected chi connectivity index (χ1v) is 8.30. The van der Waals surface area contributed by atoms with Crippen LogP contribution in [0.1, 0.15) is 23.1 Å². The van der Waals surface area contributed by atoms with Crippen LogP contribution in [0, 0.1) is 6.92 Å². The Balaban J connectivity index is 1.77. The molecule has 3 rings (SSSR count). The summed E-state index contributed by atoms with van der Waals surface area (Å²) in [4.78, 5) is 12.6. The number of nitrogens with one attached hydrogen (secondary N) is 2. The third-order valence-corrected chi connectivity index (χ3v) is 4.69. The van der Waals surface area contributed by atoms with Crippen molar-refractivity contribution < 1.29 is 0 Å². The van der Waals surface area contributed by atoms with Crippen molar-refractivity contribution in [2.75, 3.05) is 5.32 Å². The van der Waals surface area contributed by atoms with E-state index in [1.165, 1.54) is 5.56 Å². The second-order valence-electron chi connectivity index (χ2n) is 5.58. The van der Waals surface area contributed by atoms with Crippen LogP contribution >= 0.6 is 24.8 Å². The molecule has 2 heterocycles. The van der Waals surface area contributed by atoms with Crippen LogP contribution in [0.15, 0.2) is 53.8 Å². The van der Waals surface area contributed by atoms with E-state index in [0.717, 1.165) is 11.5 Å². The lowest BCUT2D eigenvalue weighted by Crippen LogP contribution is -2.38. The summed E-state index contributed by atoms with van der Waals surface area (Å²) in [6.07, 6.45) is 9.87. The van der Waals surface area contributed by atoms with Crippen molar-refractivity contribution in [3.05, 3.63) is 60.2 Å². The van der Waals surface area contributed by atoms with E-state index < -0.39 is 5.54 Å². The average Bonchev–Trinajstić information content (AvgIpc) is 3.21. The maximum absolute atomic E-state index is 5.65. The Kier molecular flexibility index (Phi) is 4.63. The smallest absolute Gasteiger partial charge is 0.131 e. The largest absolute Gasteiger partial charge is 0.348 e. The molecule has 0 saturated heterocycles. The van der Waals surface area contributed by atoms with Gasteiger partial charge < -0.3 is 10.3 Å². The predicted octanol–water partition coefficient (Wildman–Crippen LogP) is 3.90. The normalized spacial score (nSPS) is 20.6. The van der Waals surface area contributed by atoms with Gasteiger partial charge in [-0.1, -0.05) is 29.9 Å². The monoisotopic (exact) mass is 342 g/mol. The third-order valence-electron chi connectivity index (χ3n) is 3.81. The highest BCUT2D eigenvalue weighted by Gasteiger charge is 2.36. The van der Waals surface area contributed by atoms with Gasteiger partial charge >= 0.3 is 0 Å². The second kappa shape index (κ2) is 6.68. The number of anilines is 1. The molecule has 2 aromatic rings. The van der Waals surface area contributed by atoms with Gasteiger partial charge in [-0.05, 0) is 31.2 Å². The SMILES string of the molecule is Cc1ccc(NC(=S)C2(CC(S)c3ncc[nH]3)C=CC=N2)cc1. The van der Waals surface area contributed by atoms with Gasteiger partial charge in [-0.25, -0.2) is 4.98 Å². The number of aliphatic imine (C=N–C) groups is 1. The minimum atomic E-state index is -0.584. The molecule has 0 radical (unpaired) electrons. The zero-order chi connectivity index (χ0) is 16.3. The Hall–Kier alpha value is -1.92. The van der Waals surface area contributed by atoms with Crippen LogP contribution in [-0.2, 0) is 0 Å². The summed E-state index contributed by atoms with van der Waals surface area (Å²) in [7, 11) is 0. The maximum Gasteiger partial charge on any atom is 0.131 e. The van der Waals surface area contributed by atoms with E-state index in [1.54, 1.807) is 18.6 Å². The minimum absolute atomic E-state index is 0.0809. The number of nitrogens with zero attached hydrogens (tertiary/aromatic N) is 2. The molecular weight excluding hydrogens is 324 g/mol. The Bertz CT molecular complexity index is 720. The highest BCUT2D eigenvalue weighted by atomic mass is 32.1. The van der Waals surface area contributed by atoms with Gasteiger partial charge in [0.25, 0.3) is 0 Å².